The van der Waals surface area contributed by atoms with Crippen LogP contribution in [0.3, 0.4) is 0 Å². The van der Waals surface area contributed by atoms with Gasteiger partial charge in [-0.15, -0.1) is 24.0 Å². The molecule has 0 saturated carbocycles. The summed E-state index contributed by atoms with van der Waals surface area (Å²) in [6.07, 6.45) is 5.25. The molecule has 2 fully saturated rings. The van der Waals surface area contributed by atoms with Gasteiger partial charge in [-0.2, -0.15) is 0 Å². The number of carbonyl (C=O) groups is 1. The summed E-state index contributed by atoms with van der Waals surface area (Å²) in [6.45, 7) is 6.28. The maximum atomic E-state index is 12.5. The summed E-state index contributed by atoms with van der Waals surface area (Å²) in [5.41, 5.74) is 0.367. The van der Waals surface area contributed by atoms with Crippen LogP contribution in [0, 0.1) is 0 Å². The van der Waals surface area contributed by atoms with E-state index in [1.54, 1.807) is 13.3 Å². The molecular formula is C18H30IN5O3. The quantitative estimate of drug-likeness (QED) is 0.384. The lowest BCUT2D eigenvalue weighted by Gasteiger charge is -2.40. The first-order valence-corrected chi connectivity index (χ1v) is 9.23. The van der Waals surface area contributed by atoms with Gasteiger partial charge in [-0.3, -0.25) is 4.99 Å². The van der Waals surface area contributed by atoms with Crippen LogP contribution in [0.1, 0.15) is 52.1 Å². The largest absolute Gasteiger partial charge is 0.444 e. The van der Waals surface area contributed by atoms with Gasteiger partial charge >= 0.3 is 6.09 Å². The highest BCUT2D eigenvalue weighted by Crippen LogP contribution is 2.36. The average molecular weight is 491 g/mol. The van der Waals surface area contributed by atoms with Gasteiger partial charge in [-0.25, -0.2) is 4.79 Å². The third kappa shape index (κ3) is 5.73. The monoisotopic (exact) mass is 491 g/mol. The van der Waals surface area contributed by atoms with Crippen molar-refractivity contribution in [1.29, 1.82) is 0 Å². The molecule has 9 heteroatoms. The summed E-state index contributed by atoms with van der Waals surface area (Å²) < 4.78 is 10.4. The molecule has 2 aliphatic heterocycles. The van der Waals surface area contributed by atoms with E-state index >= 15 is 0 Å². The van der Waals surface area contributed by atoms with Crippen molar-refractivity contribution >= 4 is 36.0 Å². The van der Waals surface area contributed by atoms with Gasteiger partial charge < -0.3 is 24.8 Å². The van der Waals surface area contributed by atoms with E-state index in [1.807, 2.05) is 31.7 Å². The number of rotatable bonds is 3. The predicted molar refractivity (Wildman–Crippen MR) is 113 cm³/mol. The van der Waals surface area contributed by atoms with Crippen LogP contribution in [0.5, 0.6) is 0 Å². The first-order chi connectivity index (χ1) is 12.4. The third-order valence-electron chi connectivity index (χ3n) is 4.83. The topological polar surface area (TPSA) is 92.0 Å². The van der Waals surface area contributed by atoms with Gasteiger partial charge in [0.05, 0.1) is 6.54 Å². The number of aliphatic imine (C=N–C) groups is 1. The highest BCUT2D eigenvalue weighted by atomic mass is 127. The van der Waals surface area contributed by atoms with Gasteiger partial charge in [0.25, 0.3) is 0 Å². The number of halogens is 1. The number of fused-ring (bicyclic) bond motifs is 2. The second kappa shape index (κ2) is 9.11. The second-order valence-electron chi connectivity index (χ2n) is 8.00. The maximum absolute atomic E-state index is 12.5. The maximum Gasteiger partial charge on any atom is 0.410 e. The summed E-state index contributed by atoms with van der Waals surface area (Å²) in [5.74, 6) is 0.739. The molecule has 1 aromatic heterocycles. The van der Waals surface area contributed by atoms with Crippen LogP contribution >= 0.6 is 24.0 Å². The minimum absolute atomic E-state index is 0. The molecule has 152 valence electrons. The fourth-order valence-electron chi connectivity index (χ4n) is 3.80. The molecule has 2 saturated heterocycles. The number of hydrogen-bond donors (Lipinski definition) is 2. The van der Waals surface area contributed by atoms with Crippen LogP contribution in [-0.4, -0.2) is 52.9 Å². The summed E-state index contributed by atoms with van der Waals surface area (Å²) >= 11 is 0. The molecule has 3 heterocycles. The molecule has 1 aromatic rings. The Hall–Kier alpha value is -1.52. The summed E-state index contributed by atoms with van der Waals surface area (Å²) in [5, 5.41) is 10.6. The molecule has 27 heavy (non-hydrogen) atoms. The summed E-state index contributed by atoms with van der Waals surface area (Å²) in [6, 6.07) is 2.57. The Kier molecular flexibility index (Phi) is 7.35. The third-order valence-corrected chi connectivity index (χ3v) is 4.83. The molecular weight excluding hydrogens is 461 g/mol. The number of guanidine groups is 1. The van der Waals surface area contributed by atoms with Gasteiger partial charge in [-0.05, 0) is 46.5 Å². The number of nitrogens with one attached hydrogen (secondary N) is 2. The van der Waals surface area contributed by atoms with Crippen LogP contribution in [-0.2, 0) is 11.3 Å². The van der Waals surface area contributed by atoms with E-state index < -0.39 is 5.60 Å². The lowest BCUT2D eigenvalue weighted by Crippen LogP contribution is -2.54. The van der Waals surface area contributed by atoms with Crippen molar-refractivity contribution < 1.29 is 14.1 Å². The predicted octanol–water partition coefficient (Wildman–Crippen LogP) is 2.89. The van der Waals surface area contributed by atoms with Crippen LogP contribution in [0.4, 0.5) is 4.79 Å². The Balaban J connectivity index is 0.00000261. The number of aromatic nitrogens is 1. The molecule has 0 spiro atoms. The normalized spacial score (nSPS) is 25.0. The molecule has 3 rings (SSSR count). The molecule has 0 aliphatic carbocycles. The van der Waals surface area contributed by atoms with Crippen LogP contribution in [0.2, 0.25) is 0 Å². The SMILES string of the molecule is CN=C(NCc1ccon1)NC1CC2CCC(C1)N2C(=O)OC(C)(C)C.I. The Morgan fingerprint density at radius 3 is 2.56 bits per heavy atom. The van der Waals surface area contributed by atoms with Gasteiger partial charge in [0.15, 0.2) is 5.96 Å². The van der Waals surface area contributed by atoms with Gasteiger partial charge in [0.1, 0.15) is 17.6 Å². The zero-order chi connectivity index (χ0) is 18.7. The van der Waals surface area contributed by atoms with E-state index in [0.717, 1.165) is 37.3 Å². The zero-order valence-electron chi connectivity index (χ0n) is 16.4. The van der Waals surface area contributed by atoms with Gasteiger partial charge in [0.2, 0.25) is 0 Å². The van der Waals surface area contributed by atoms with Crippen molar-refractivity contribution in [2.45, 2.75) is 76.7 Å². The van der Waals surface area contributed by atoms with E-state index in [4.69, 9.17) is 9.26 Å². The van der Waals surface area contributed by atoms with Crippen molar-refractivity contribution in [3.63, 3.8) is 0 Å². The van der Waals surface area contributed by atoms with Crippen LogP contribution in [0.15, 0.2) is 21.8 Å². The standard InChI is InChI=1S/C18H29N5O3.HI/c1-18(2,3)26-17(24)23-14-5-6-15(23)10-13(9-14)21-16(19-4)20-11-12-7-8-25-22-12;/h7-8,13-15H,5-6,9-11H2,1-4H3,(H2,19,20,21);1H. The number of hydrogen-bond acceptors (Lipinski definition) is 5. The van der Waals surface area contributed by atoms with E-state index in [0.29, 0.717) is 6.54 Å². The second-order valence-corrected chi connectivity index (χ2v) is 8.00. The van der Waals surface area contributed by atoms with Crippen molar-refractivity contribution in [1.82, 2.24) is 20.7 Å². The van der Waals surface area contributed by atoms with E-state index in [-0.39, 0.29) is 48.2 Å². The molecule has 0 radical (unpaired) electrons. The molecule has 8 nitrogen and oxygen atoms in total. The minimum atomic E-state index is -0.460. The highest BCUT2D eigenvalue weighted by Gasteiger charge is 2.45. The molecule has 2 N–H and O–H groups in total. The smallest absolute Gasteiger partial charge is 0.410 e. The van der Waals surface area contributed by atoms with Crippen LogP contribution < -0.4 is 10.6 Å². The summed E-state index contributed by atoms with van der Waals surface area (Å²) in [7, 11) is 1.75. The first kappa shape index (κ1) is 21.8. The lowest BCUT2D eigenvalue weighted by atomic mass is 9.98. The molecule has 2 unspecified atom stereocenters. The van der Waals surface area contributed by atoms with E-state index in [1.165, 1.54) is 0 Å². The Morgan fingerprint density at radius 2 is 2.04 bits per heavy atom. The number of carbonyl (C=O) groups excluding carboxylic acids is 1. The van der Waals surface area contributed by atoms with Gasteiger partial charge in [-0.1, -0.05) is 5.16 Å². The van der Waals surface area contributed by atoms with E-state index in [9.17, 15) is 4.79 Å². The van der Waals surface area contributed by atoms with Crippen molar-refractivity contribution in [2.24, 2.45) is 4.99 Å². The number of ether oxygens (including phenoxy) is 1. The highest BCUT2D eigenvalue weighted by molar-refractivity contribution is 14.0. The van der Waals surface area contributed by atoms with Crippen molar-refractivity contribution in [3.05, 3.63) is 18.0 Å². The first-order valence-electron chi connectivity index (χ1n) is 9.23. The molecule has 2 bridgehead atoms. The van der Waals surface area contributed by atoms with Crippen LogP contribution in [0.25, 0.3) is 0 Å². The van der Waals surface area contributed by atoms with Crippen molar-refractivity contribution in [3.8, 4) is 0 Å². The molecule has 0 aromatic carbocycles. The molecule has 2 atom stereocenters. The Bertz CT molecular complexity index is 630. The summed E-state index contributed by atoms with van der Waals surface area (Å²) in [4.78, 5) is 18.8. The minimum Gasteiger partial charge on any atom is -0.444 e. The Morgan fingerprint density at radius 1 is 1.37 bits per heavy atom. The average Bonchev–Trinajstić information content (AvgIpc) is 3.16. The zero-order valence-corrected chi connectivity index (χ0v) is 18.7. The molecule has 1 amide bonds. The molecule has 2 aliphatic rings. The number of nitrogens with zero attached hydrogens (tertiary/aromatic N) is 3. The number of piperidine rings is 1. The van der Waals surface area contributed by atoms with E-state index in [2.05, 4.69) is 20.8 Å². The lowest BCUT2D eigenvalue weighted by molar-refractivity contribution is 0.00545. The fraction of sp³-hybridized carbons (Fsp3) is 0.722. The number of amides is 1. The van der Waals surface area contributed by atoms with Crippen molar-refractivity contribution in [2.75, 3.05) is 7.05 Å². The van der Waals surface area contributed by atoms with Gasteiger partial charge in [0, 0.05) is 31.2 Å². The Labute approximate surface area is 177 Å². The fourth-order valence-corrected chi connectivity index (χ4v) is 3.80.